The van der Waals surface area contributed by atoms with Crippen LogP contribution in [0.5, 0.6) is 11.5 Å². The molecule has 5 nitrogen and oxygen atoms in total. The summed E-state index contributed by atoms with van der Waals surface area (Å²) in [5.41, 5.74) is 13.7. The first-order valence-corrected chi connectivity index (χ1v) is 6.47. The number of rotatable bonds is 5. The number of nitrogen functional groups attached to an aromatic ring is 1. The van der Waals surface area contributed by atoms with Crippen molar-refractivity contribution in [2.24, 2.45) is 5.73 Å². The Balaban J connectivity index is 2.24. The fourth-order valence-electron chi connectivity index (χ4n) is 2.04. The Morgan fingerprint density at radius 2 is 1.86 bits per heavy atom. The van der Waals surface area contributed by atoms with E-state index in [1.165, 1.54) is 6.07 Å². The first-order valence-electron chi connectivity index (χ1n) is 6.47. The van der Waals surface area contributed by atoms with E-state index in [0.29, 0.717) is 11.4 Å². The summed E-state index contributed by atoms with van der Waals surface area (Å²) < 4.78 is 11.0. The number of hydrogen-bond acceptors (Lipinski definition) is 4. The molecule has 0 atom stereocenters. The second-order valence-corrected chi connectivity index (χ2v) is 4.72. The molecule has 0 fully saturated rings. The van der Waals surface area contributed by atoms with Crippen molar-refractivity contribution in [2.75, 3.05) is 12.8 Å². The molecule has 0 aliphatic rings. The molecule has 2 aromatic rings. The average molecular weight is 286 g/mol. The summed E-state index contributed by atoms with van der Waals surface area (Å²) in [5, 5.41) is 0. The Labute approximate surface area is 123 Å². The third-order valence-corrected chi connectivity index (χ3v) is 3.09. The van der Waals surface area contributed by atoms with Crippen molar-refractivity contribution in [3.05, 3.63) is 53.1 Å². The van der Waals surface area contributed by atoms with Crippen LogP contribution in [-0.2, 0) is 6.61 Å². The summed E-state index contributed by atoms with van der Waals surface area (Å²) in [5.74, 6) is 0.561. The van der Waals surface area contributed by atoms with Crippen molar-refractivity contribution >= 4 is 11.6 Å². The van der Waals surface area contributed by atoms with Crippen molar-refractivity contribution < 1.29 is 14.3 Å². The standard InChI is InChI=1S/C16H18N2O3/c1-10-3-5-14(20-2)11(7-10)9-21-15-6-4-12(17)8-13(15)16(18)19/h3-8H,9,17H2,1-2H3,(H2,18,19). The smallest absolute Gasteiger partial charge is 0.252 e. The molecule has 2 aromatic carbocycles. The van der Waals surface area contributed by atoms with Crippen molar-refractivity contribution in [3.8, 4) is 11.5 Å². The van der Waals surface area contributed by atoms with Crippen LogP contribution in [0.2, 0.25) is 0 Å². The highest BCUT2D eigenvalue weighted by atomic mass is 16.5. The minimum absolute atomic E-state index is 0.265. The van der Waals surface area contributed by atoms with Crippen molar-refractivity contribution in [3.63, 3.8) is 0 Å². The lowest BCUT2D eigenvalue weighted by Crippen LogP contribution is -2.13. The lowest BCUT2D eigenvalue weighted by molar-refractivity contribution is 0.0996. The molecule has 1 amide bonds. The minimum Gasteiger partial charge on any atom is -0.496 e. The van der Waals surface area contributed by atoms with Crippen LogP contribution in [-0.4, -0.2) is 13.0 Å². The highest BCUT2D eigenvalue weighted by Gasteiger charge is 2.11. The molecule has 0 unspecified atom stereocenters. The summed E-state index contributed by atoms with van der Waals surface area (Å²) in [6.45, 7) is 2.26. The molecule has 21 heavy (non-hydrogen) atoms. The number of benzene rings is 2. The van der Waals surface area contributed by atoms with E-state index < -0.39 is 5.91 Å². The molecule has 0 aliphatic heterocycles. The molecule has 0 radical (unpaired) electrons. The van der Waals surface area contributed by atoms with Gasteiger partial charge in [-0.05, 0) is 37.3 Å². The molecule has 0 spiro atoms. The number of primary amides is 1. The summed E-state index contributed by atoms with van der Waals surface area (Å²) in [4.78, 5) is 11.4. The predicted molar refractivity (Wildman–Crippen MR) is 81.4 cm³/mol. The predicted octanol–water partition coefficient (Wildman–Crippen LogP) is 2.26. The van der Waals surface area contributed by atoms with Crippen LogP contribution in [0.4, 0.5) is 5.69 Å². The van der Waals surface area contributed by atoms with Gasteiger partial charge in [-0.3, -0.25) is 4.79 Å². The average Bonchev–Trinajstić information content (AvgIpc) is 2.46. The summed E-state index contributed by atoms with van der Waals surface area (Å²) in [7, 11) is 1.60. The van der Waals surface area contributed by atoms with Crippen LogP contribution >= 0.6 is 0 Å². The number of aryl methyl sites for hydroxylation is 1. The normalized spacial score (nSPS) is 10.2. The van der Waals surface area contributed by atoms with Gasteiger partial charge >= 0.3 is 0 Å². The highest BCUT2D eigenvalue weighted by molar-refractivity contribution is 5.96. The van der Waals surface area contributed by atoms with E-state index in [2.05, 4.69) is 0 Å². The van der Waals surface area contributed by atoms with Crippen LogP contribution in [0.1, 0.15) is 21.5 Å². The minimum atomic E-state index is -0.575. The molecule has 0 bridgehead atoms. The van der Waals surface area contributed by atoms with Gasteiger partial charge in [0.05, 0.1) is 12.7 Å². The van der Waals surface area contributed by atoms with Gasteiger partial charge in [0, 0.05) is 11.3 Å². The van der Waals surface area contributed by atoms with Gasteiger partial charge in [-0.25, -0.2) is 0 Å². The monoisotopic (exact) mass is 286 g/mol. The van der Waals surface area contributed by atoms with E-state index in [4.69, 9.17) is 20.9 Å². The fourth-order valence-corrected chi connectivity index (χ4v) is 2.04. The maximum atomic E-state index is 11.4. The molecule has 0 aliphatic carbocycles. The number of carbonyl (C=O) groups is 1. The third-order valence-electron chi connectivity index (χ3n) is 3.09. The van der Waals surface area contributed by atoms with Crippen molar-refractivity contribution in [1.82, 2.24) is 0 Å². The number of ether oxygens (including phenoxy) is 2. The SMILES string of the molecule is COc1ccc(C)cc1COc1ccc(N)cc1C(N)=O. The van der Waals surface area contributed by atoms with E-state index in [1.807, 2.05) is 25.1 Å². The first-order chi connectivity index (χ1) is 10.0. The van der Waals surface area contributed by atoms with Gasteiger partial charge in [0.15, 0.2) is 0 Å². The van der Waals surface area contributed by atoms with Crippen LogP contribution in [0.25, 0.3) is 0 Å². The van der Waals surface area contributed by atoms with Gasteiger partial charge in [-0.15, -0.1) is 0 Å². The van der Waals surface area contributed by atoms with Crippen molar-refractivity contribution in [1.29, 1.82) is 0 Å². The molecule has 110 valence electrons. The summed E-state index contributed by atoms with van der Waals surface area (Å²) in [6, 6.07) is 10.6. The third kappa shape index (κ3) is 3.45. The van der Waals surface area contributed by atoms with E-state index in [-0.39, 0.29) is 12.2 Å². The van der Waals surface area contributed by atoms with E-state index >= 15 is 0 Å². The van der Waals surface area contributed by atoms with E-state index in [9.17, 15) is 4.79 Å². The molecular weight excluding hydrogens is 268 g/mol. The molecule has 4 N–H and O–H groups in total. The highest BCUT2D eigenvalue weighted by Crippen LogP contribution is 2.25. The van der Waals surface area contributed by atoms with Gasteiger partial charge in [-0.2, -0.15) is 0 Å². The molecule has 0 heterocycles. The Morgan fingerprint density at radius 1 is 1.14 bits per heavy atom. The number of carbonyl (C=O) groups excluding carboxylic acids is 1. The second kappa shape index (κ2) is 6.17. The Hall–Kier alpha value is -2.69. The van der Waals surface area contributed by atoms with Gasteiger partial charge < -0.3 is 20.9 Å². The molecule has 0 saturated carbocycles. The zero-order chi connectivity index (χ0) is 15.4. The maximum absolute atomic E-state index is 11.4. The fraction of sp³-hybridized carbons (Fsp3) is 0.188. The molecular formula is C16H18N2O3. The van der Waals surface area contributed by atoms with E-state index in [1.54, 1.807) is 19.2 Å². The number of hydrogen-bond donors (Lipinski definition) is 2. The first kappa shape index (κ1) is 14.7. The van der Waals surface area contributed by atoms with Crippen LogP contribution in [0.15, 0.2) is 36.4 Å². The zero-order valence-electron chi connectivity index (χ0n) is 12.1. The zero-order valence-corrected chi connectivity index (χ0v) is 12.1. The van der Waals surface area contributed by atoms with Gasteiger partial charge in [0.1, 0.15) is 18.1 Å². The number of anilines is 1. The van der Waals surface area contributed by atoms with Gasteiger partial charge in [-0.1, -0.05) is 11.6 Å². The number of methoxy groups -OCH3 is 1. The molecule has 5 heteroatoms. The number of amides is 1. The summed E-state index contributed by atoms with van der Waals surface area (Å²) in [6.07, 6.45) is 0. The Morgan fingerprint density at radius 3 is 2.52 bits per heavy atom. The van der Waals surface area contributed by atoms with Crippen LogP contribution < -0.4 is 20.9 Å². The largest absolute Gasteiger partial charge is 0.496 e. The Kier molecular flexibility index (Phi) is 4.33. The van der Waals surface area contributed by atoms with Crippen molar-refractivity contribution in [2.45, 2.75) is 13.5 Å². The Bertz CT molecular complexity index is 669. The summed E-state index contributed by atoms with van der Waals surface area (Å²) >= 11 is 0. The lowest BCUT2D eigenvalue weighted by atomic mass is 10.1. The molecule has 0 saturated heterocycles. The maximum Gasteiger partial charge on any atom is 0.252 e. The van der Waals surface area contributed by atoms with Gasteiger partial charge in [0.2, 0.25) is 0 Å². The van der Waals surface area contributed by atoms with E-state index in [0.717, 1.165) is 16.9 Å². The van der Waals surface area contributed by atoms with Crippen LogP contribution in [0.3, 0.4) is 0 Å². The quantitative estimate of drug-likeness (QED) is 0.825. The topological polar surface area (TPSA) is 87.6 Å². The lowest BCUT2D eigenvalue weighted by Gasteiger charge is -2.13. The molecule has 2 rings (SSSR count). The molecule has 0 aromatic heterocycles. The van der Waals surface area contributed by atoms with Gasteiger partial charge in [0.25, 0.3) is 5.91 Å². The number of nitrogens with two attached hydrogens (primary N) is 2. The van der Waals surface area contributed by atoms with Crippen LogP contribution in [0, 0.1) is 6.92 Å². The second-order valence-electron chi connectivity index (χ2n) is 4.72.